The third-order valence-corrected chi connectivity index (χ3v) is 7.35. The van der Waals surface area contributed by atoms with E-state index in [1.165, 1.54) is 23.3 Å². The van der Waals surface area contributed by atoms with Gasteiger partial charge >= 0.3 is 0 Å². The molecule has 2 aromatic carbocycles. The Morgan fingerprint density at radius 2 is 1.88 bits per heavy atom. The third-order valence-electron chi connectivity index (χ3n) is 5.60. The third kappa shape index (κ3) is 5.17. The Hall–Kier alpha value is -3.53. The van der Waals surface area contributed by atoms with Crippen LogP contribution in [0.4, 0.5) is 0 Å². The van der Waals surface area contributed by atoms with Crippen molar-refractivity contribution in [2.45, 2.75) is 19.4 Å². The summed E-state index contributed by atoms with van der Waals surface area (Å²) in [5, 5.41) is 0.290. The average molecular weight is 488 g/mol. The Labute approximate surface area is 196 Å². The molecule has 3 aromatic rings. The van der Waals surface area contributed by atoms with Gasteiger partial charge in [0.15, 0.2) is 27.9 Å². The number of benzene rings is 2. The topological polar surface area (TPSA) is 112 Å². The first-order valence-corrected chi connectivity index (χ1v) is 12.6. The Morgan fingerprint density at radius 1 is 1.12 bits per heavy atom. The summed E-state index contributed by atoms with van der Waals surface area (Å²) in [6.45, 7) is 2.04. The van der Waals surface area contributed by atoms with Crippen LogP contribution in [0.3, 0.4) is 0 Å². The van der Waals surface area contributed by atoms with Gasteiger partial charge in [-0.3, -0.25) is 9.59 Å². The second-order valence-electron chi connectivity index (χ2n) is 7.92. The molecule has 9 nitrogen and oxygen atoms in total. The van der Waals surface area contributed by atoms with Gasteiger partial charge in [-0.2, -0.15) is 0 Å². The van der Waals surface area contributed by atoms with Crippen LogP contribution in [0.5, 0.6) is 23.0 Å². The van der Waals surface area contributed by atoms with Crippen molar-refractivity contribution in [2.24, 2.45) is 0 Å². The second kappa shape index (κ2) is 9.76. The standard InChI is InChI=1S/C24H25NO8S/c1-3-30-19-6-4-5-7-20(19)33-22-13-32-21-12-17(8-9-18(21)24(22)27)31-14-23(26)25(2)16-10-11-34(28,29)15-16/h4-9,12-13,16H,3,10-11,14-15H2,1-2H3/t16-/m0/s1. The molecule has 1 fully saturated rings. The second-order valence-corrected chi connectivity index (χ2v) is 10.1. The van der Waals surface area contributed by atoms with E-state index >= 15 is 0 Å². The molecule has 1 amide bonds. The molecular formula is C24H25NO8S. The molecular weight excluding hydrogens is 462 g/mol. The van der Waals surface area contributed by atoms with Crippen molar-refractivity contribution in [1.29, 1.82) is 0 Å². The molecule has 2 heterocycles. The molecule has 0 bridgehead atoms. The fourth-order valence-corrected chi connectivity index (χ4v) is 5.48. The summed E-state index contributed by atoms with van der Waals surface area (Å²) < 4.78 is 45.7. The molecule has 4 rings (SSSR count). The molecule has 0 spiro atoms. The molecule has 1 atom stereocenters. The van der Waals surface area contributed by atoms with Crippen LogP contribution in [-0.4, -0.2) is 57.0 Å². The largest absolute Gasteiger partial charge is 0.490 e. The van der Waals surface area contributed by atoms with Crippen molar-refractivity contribution in [2.75, 3.05) is 31.8 Å². The molecule has 1 saturated heterocycles. The van der Waals surface area contributed by atoms with Gasteiger partial charge in [0, 0.05) is 19.2 Å². The molecule has 0 unspecified atom stereocenters. The molecule has 180 valence electrons. The monoisotopic (exact) mass is 487 g/mol. The molecule has 0 radical (unpaired) electrons. The Kier molecular flexibility index (Phi) is 6.78. The van der Waals surface area contributed by atoms with Gasteiger partial charge in [-0.05, 0) is 37.6 Å². The maximum atomic E-state index is 12.9. The lowest BCUT2D eigenvalue weighted by Crippen LogP contribution is -2.40. The van der Waals surface area contributed by atoms with Gasteiger partial charge in [-0.15, -0.1) is 0 Å². The van der Waals surface area contributed by atoms with E-state index in [-0.39, 0.29) is 46.8 Å². The number of carbonyl (C=O) groups excluding carboxylic acids is 1. The number of amides is 1. The Balaban J connectivity index is 1.46. The molecule has 1 aliphatic heterocycles. The predicted molar refractivity (Wildman–Crippen MR) is 125 cm³/mol. The van der Waals surface area contributed by atoms with Crippen molar-refractivity contribution in [3.05, 3.63) is 59.0 Å². The minimum Gasteiger partial charge on any atom is -0.490 e. The van der Waals surface area contributed by atoms with Crippen molar-refractivity contribution in [3.63, 3.8) is 0 Å². The number of rotatable bonds is 8. The van der Waals surface area contributed by atoms with Crippen LogP contribution >= 0.6 is 0 Å². The molecule has 0 saturated carbocycles. The van der Waals surface area contributed by atoms with E-state index < -0.39 is 9.84 Å². The highest BCUT2D eigenvalue weighted by atomic mass is 32.2. The highest BCUT2D eigenvalue weighted by Crippen LogP contribution is 2.31. The zero-order valence-electron chi connectivity index (χ0n) is 18.9. The van der Waals surface area contributed by atoms with Gasteiger partial charge < -0.3 is 23.5 Å². The van der Waals surface area contributed by atoms with E-state index in [0.717, 1.165) is 0 Å². The van der Waals surface area contributed by atoms with Gasteiger partial charge in [0.05, 0.1) is 23.5 Å². The predicted octanol–water partition coefficient (Wildman–Crippen LogP) is 3.01. The van der Waals surface area contributed by atoms with Crippen molar-refractivity contribution in [3.8, 4) is 23.0 Å². The van der Waals surface area contributed by atoms with Crippen LogP contribution in [0, 0.1) is 0 Å². The van der Waals surface area contributed by atoms with Gasteiger partial charge in [-0.25, -0.2) is 8.42 Å². The average Bonchev–Trinajstić information content (AvgIpc) is 3.19. The van der Waals surface area contributed by atoms with E-state index in [1.54, 1.807) is 37.4 Å². The smallest absolute Gasteiger partial charge is 0.260 e. The van der Waals surface area contributed by atoms with E-state index in [0.29, 0.717) is 35.7 Å². The number of nitrogens with zero attached hydrogens (tertiary/aromatic N) is 1. The van der Waals surface area contributed by atoms with Crippen molar-refractivity contribution in [1.82, 2.24) is 4.90 Å². The number of para-hydroxylation sites is 2. The quantitative estimate of drug-likeness (QED) is 0.477. The van der Waals surface area contributed by atoms with E-state index in [1.807, 2.05) is 6.92 Å². The van der Waals surface area contributed by atoms with E-state index in [4.69, 9.17) is 18.6 Å². The Morgan fingerprint density at radius 3 is 2.59 bits per heavy atom. The molecule has 0 N–H and O–H groups in total. The maximum Gasteiger partial charge on any atom is 0.260 e. The lowest BCUT2D eigenvalue weighted by atomic mass is 10.2. The fraction of sp³-hybridized carbons (Fsp3) is 0.333. The first kappa shape index (κ1) is 23.6. The van der Waals surface area contributed by atoms with Crippen LogP contribution < -0.4 is 19.6 Å². The maximum absolute atomic E-state index is 12.9. The van der Waals surface area contributed by atoms with Gasteiger partial charge in [-0.1, -0.05) is 12.1 Å². The van der Waals surface area contributed by atoms with Crippen LogP contribution in [0.25, 0.3) is 11.0 Å². The molecule has 10 heteroatoms. The number of hydrogen-bond acceptors (Lipinski definition) is 8. The summed E-state index contributed by atoms with van der Waals surface area (Å²) in [6.07, 6.45) is 1.64. The fourth-order valence-electron chi connectivity index (χ4n) is 3.71. The van der Waals surface area contributed by atoms with Gasteiger partial charge in [0.2, 0.25) is 11.2 Å². The van der Waals surface area contributed by atoms with Crippen molar-refractivity contribution < 1.29 is 31.8 Å². The van der Waals surface area contributed by atoms with Crippen molar-refractivity contribution >= 4 is 26.7 Å². The highest BCUT2D eigenvalue weighted by molar-refractivity contribution is 7.91. The number of carbonyl (C=O) groups is 1. The Bertz CT molecular complexity index is 1360. The SMILES string of the molecule is CCOc1ccccc1Oc1coc2cc(OCC(=O)N(C)[C@H]3CCS(=O)(=O)C3)ccc2c1=O. The van der Waals surface area contributed by atoms with Gasteiger partial charge in [0.25, 0.3) is 5.91 Å². The van der Waals surface area contributed by atoms with Crippen LogP contribution in [-0.2, 0) is 14.6 Å². The van der Waals surface area contributed by atoms with E-state index in [2.05, 4.69) is 0 Å². The van der Waals surface area contributed by atoms with Gasteiger partial charge in [0.1, 0.15) is 17.6 Å². The molecule has 34 heavy (non-hydrogen) atoms. The lowest BCUT2D eigenvalue weighted by Gasteiger charge is -2.23. The lowest BCUT2D eigenvalue weighted by molar-refractivity contribution is -0.133. The zero-order chi connectivity index (χ0) is 24.3. The van der Waals surface area contributed by atoms with Crippen LogP contribution in [0.15, 0.2) is 57.9 Å². The highest BCUT2D eigenvalue weighted by Gasteiger charge is 2.32. The summed E-state index contributed by atoms with van der Waals surface area (Å²) >= 11 is 0. The summed E-state index contributed by atoms with van der Waals surface area (Å²) in [5.41, 5.74) is -0.0898. The minimum absolute atomic E-state index is 0.0108. The number of sulfone groups is 1. The molecule has 0 aliphatic carbocycles. The zero-order valence-corrected chi connectivity index (χ0v) is 19.7. The molecule has 1 aromatic heterocycles. The van der Waals surface area contributed by atoms with E-state index in [9.17, 15) is 18.0 Å². The van der Waals surface area contributed by atoms with Crippen LogP contribution in [0.1, 0.15) is 13.3 Å². The summed E-state index contributed by atoms with van der Waals surface area (Å²) in [5.74, 6) is 0.981. The summed E-state index contributed by atoms with van der Waals surface area (Å²) in [7, 11) is -1.52. The minimum atomic E-state index is -3.09. The first-order valence-electron chi connectivity index (χ1n) is 10.8. The van der Waals surface area contributed by atoms with Crippen LogP contribution in [0.2, 0.25) is 0 Å². The summed E-state index contributed by atoms with van der Waals surface area (Å²) in [6, 6.07) is 11.3. The number of hydrogen-bond donors (Lipinski definition) is 0. The normalized spacial score (nSPS) is 16.8. The number of ether oxygens (including phenoxy) is 3. The first-order chi connectivity index (χ1) is 16.3. The number of fused-ring (bicyclic) bond motifs is 1. The summed E-state index contributed by atoms with van der Waals surface area (Å²) in [4.78, 5) is 26.7. The number of likely N-dealkylation sites (N-methyl/N-ethyl adjacent to an activating group) is 1. The molecule has 1 aliphatic rings.